The monoisotopic (exact) mass is 548 g/mol. The minimum absolute atomic E-state index is 0.159. The van der Waals surface area contributed by atoms with Crippen LogP contribution in [0, 0.1) is 35.1 Å². The Hall–Kier alpha value is -3.09. The Morgan fingerprint density at radius 2 is 1.23 bits per heavy atom. The number of halogens is 7. The third kappa shape index (κ3) is 7.52. The average Bonchev–Trinajstić information content (AvgIpc) is 2.87. The van der Waals surface area contributed by atoms with Gasteiger partial charge in [0, 0.05) is 22.8 Å². The molecule has 0 aliphatic heterocycles. The average molecular weight is 549 g/mol. The van der Waals surface area contributed by atoms with Crippen molar-refractivity contribution < 1.29 is 30.7 Å². The van der Waals surface area contributed by atoms with Crippen molar-refractivity contribution in [3.63, 3.8) is 0 Å². The lowest BCUT2D eigenvalue weighted by atomic mass is 9.78. The van der Waals surface area contributed by atoms with Gasteiger partial charge in [-0.3, -0.25) is 0 Å². The third-order valence-corrected chi connectivity index (χ3v) is 7.65. The second-order valence-corrected chi connectivity index (χ2v) is 10.5. The summed E-state index contributed by atoms with van der Waals surface area (Å²) < 4.78 is 95.8. The molecule has 0 atom stereocenters. The Morgan fingerprint density at radius 1 is 0.692 bits per heavy atom. The van der Waals surface area contributed by atoms with E-state index in [0.717, 1.165) is 42.5 Å². The summed E-state index contributed by atoms with van der Waals surface area (Å²) in [4.78, 5) is 0. The number of rotatable bonds is 8. The van der Waals surface area contributed by atoms with Gasteiger partial charge in [0.1, 0.15) is 23.3 Å². The molecule has 4 rings (SSSR count). The lowest BCUT2D eigenvalue weighted by molar-refractivity contribution is -0.0790. The van der Waals surface area contributed by atoms with Crippen molar-refractivity contribution in [2.24, 2.45) is 11.8 Å². The lowest BCUT2D eigenvalue weighted by Crippen LogP contribution is -2.15. The van der Waals surface area contributed by atoms with Gasteiger partial charge in [-0.15, -0.1) is 0 Å². The molecule has 208 valence electrons. The van der Waals surface area contributed by atoms with Gasteiger partial charge < -0.3 is 0 Å². The maximum absolute atomic E-state index is 15.0. The molecule has 1 aliphatic rings. The highest BCUT2D eigenvalue weighted by atomic mass is 19.4. The molecule has 0 spiro atoms. The highest BCUT2D eigenvalue weighted by Crippen LogP contribution is 2.35. The zero-order chi connectivity index (χ0) is 28.2. The molecule has 0 aromatic heterocycles. The van der Waals surface area contributed by atoms with Crippen LogP contribution in [0.1, 0.15) is 63.0 Å². The fraction of sp³-hybridized carbons (Fsp3) is 0.375. The van der Waals surface area contributed by atoms with Gasteiger partial charge in [0.15, 0.2) is 0 Å². The number of aryl methyl sites for hydroxylation is 1. The zero-order valence-electron chi connectivity index (χ0n) is 21.7. The van der Waals surface area contributed by atoms with Gasteiger partial charge in [0.25, 0.3) is 0 Å². The molecule has 0 bridgehead atoms. The van der Waals surface area contributed by atoms with E-state index >= 15 is 0 Å². The Bertz CT molecular complexity index is 1290. The minimum atomic E-state index is -4.74. The molecule has 0 heterocycles. The molecule has 0 unspecified atom stereocenters. The van der Waals surface area contributed by atoms with Crippen LogP contribution in [0.4, 0.5) is 30.7 Å². The molecule has 0 nitrogen and oxygen atoms in total. The van der Waals surface area contributed by atoms with E-state index < -0.39 is 35.0 Å². The summed E-state index contributed by atoms with van der Waals surface area (Å²) in [5, 5.41) is 0. The van der Waals surface area contributed by atoms with Gasteiger partial charge in [-0.05, 0) is 71.7 Å². The first-order chi connectivity index (χ1) is 18.5. The second-order valence-electron chi connectivity index (χ2n) is 10.5. The van der Waals surface area contributed by atoms with Crippen LogP contribution < -0.4 is 0 Å². The van der Waals surface area contributed by atoms with Crippen LogP contribution in [-0.4, -0.2) is 6.18 Å². The number of hydrogen-bond donors (Lipinski definition) is 0. The first kappa shape index (κ1) is 28.9. The van der Waals surface area contributed by atoms with Crippen molar-refractivity contribution >= 4 is 6.08 Å². The van der Waals surface area contributed by atoms with Crippen molar-refractivity contribution in [1.29, 1.82) is 0 Å². The maximum atomic E-state index is 15.0. The predicted octanol–water partition coefficient (Wildman–Crippen LogP) is 10.7. The van der Waals surface area contributed by atoms with E-state index in [1.165, 1.54) is 56.7 Å². The normalized spacial score (nSPS) is 18.2. The van der Waals surface area contributed by atoms with E-state index in [1.54, 1.807) is 6.07 Å². The maximum Gasteiger partial charge on any atom is 0.409 e. The Labute approximate surface area is 224 Å². The van der Waals surface area contributed by atoms with Crippen LogP contribution in [0.2, 0.25) is 0 Å². The van der Waals surface area contributed by atoms with E-state index in [-0.39, 0.29) is 28.3 Å². The molecule has 0 saturated heterocycles. The summed E-state index contributed by atoms with van der Waals surface area (Å²) in [7, 11) is 0. The number of alkyl halides is 3. The third-order valence-electron chi connectivity index (χ3n) is 7.65. The van der Waals surface area contributed by atoms with E-state index in [9.17, 15) is 30.7 Å². The van der Waals surface area contributed by atoms with Gasteiger partial charge in [-0.1, -0.05) is 69.7 Å². The lowest BCUT2D eigenvalue weighted by Gasteiger charge is -2.28. The zero-order valence-corrected chi connectivity index (χ0v) is 21.7. The summed E-state index contributed by atoms with van der Waals surface area (Å²) in [5.74, 6) is -2.34. The van der Waals surface area contributed by atoms with Crippen LogP contribution in [-0.2, 0) is 6.42 Å². The number of hydrogen-bond acceptors (Lipinski definition) is 0. The van der Waals surface area contributed by atoms with Crippen molar-refractivity contribution in [2.45, 2.75) is 64.5 Å². The molecule has 3 aromatic rings. The molecule has 1 saturated carbocycles. The summed E-state index contributed by atoms with van der Waals surface area (Å²) in [5.41, 5.74) is 0.134. The Balaban J connectivity index is 1.46. The van der Waals surface area contributed by atoms with Crippen molar-refractivity contribution in [3.8, 4) is 22.3 Å². The van der Waals surface area contributed by atoms with Gasteiger partial charge in [0.2, 0.25) is 0 Å². The number of benzene rings is 3. The number of allylic oxidation sites excluding steroid dienone is 1. The second kappa shape index (κ2) is 12.4. The molecular formula is C32H31F7. The van der Waals surface area contributed by atoms with Crippen molar-refractivity contribution in [1.82, 2.24) is 0 Å². The topological polar surface area (TPSA) is 0 Å². The standard InChI is InChI=1S/C32H31F7/c1-2-3-20-4-6-21(7-5-20)8-9-22-10-12-25(28(33)16-22)23-11-13-26(29(34)17-23)24-18-30(35)27(31(36)19-24)14-15-32(37,38)39/h10-21H,2-9H2,1H3. The smallest absolute Gasteiger partial charge is 0.206 e. The largest absolute Gasteiger partial charge is 0.409 e. The summed E-state index contributed by atoms with van der Waals surface area (Å²) >= 11 is 0. The molecular weight excluding hydrogens is 517 g/mol. The fourth-order valence-corrected chi connectivity index (χ4v) is 5.53. The quantitative estimate of drug-likeness (QED) is 0.246. The van der Waals surface area contributed by atoms with Crippen LogP contribution in [0.15, 0.2) is 54.6 Å². The van der Waals surface area contributed by atoms with Gasteiger partial charge in [0.05, 0.1) is 0 Å². The highest BCUT2D eigenvalue weighted by molar-refractivity contribution is 5.72. The molecule has 0 N–H and O–H groups in total. The van der Waals surface area contributed by atoms with E-state index in [1.807, 2.05) is 6.07 Å². The fourth-order valence-electron chi connectivity index (χ4n) is 5.53. The van der Waals surface area contributed by atoms with E-state index in [2.05, 4.69) is 6.92 Å². The van der Waals surface area contributed by atoms with Gasteiger partial charge in [-0.25, -0.2) is 17.6 Å². The molecule has 39 heavy (non-hydrogen) atoms. The van der Waals surface area contributed by atoms with Crippen molar-refractivity contribution in [2.75, 3.05) is 0 Å². The summed E-state index contributed by atoms with van der Waals surface area (Å²) in [6.07, 6.45) is 4.57. The Morgan fingerprint density at radius 3 is 1.79 bits per heavy atom. The first-order valence-corrected chi connectivity index (χ1v) is 13.4. The van der Waals surface area contributed by atoms with E-state index in [0.29, 0.717) is 12.0 Å². The predicted molar refractivity (Wildman–Crippen MR) is 141 cm³/mol. The van der Waals surface area contributed by atoms with Crippen LogP contribution in [0.3, 0.4) is 0 Å². The molecule has 7 heteroatoms. The van der Waals surface area contributed by atoms with Gasteiger partial charge >= 0.3 is 6.18 Å². The molecule has 3 aromatic carbocycles. The van der Waals surface area contributed by atoms with E-state index in [4.69, 9.17) is 0 Å². The van der Waals surface area contributed by atoms with Crippen LogP contribution in [0.25, 0.3) is 28.3 Å². The van der Waals surface area contributed by atoms with Crippen LogP contribution >= 0.6 is 0 Å². The van der Waals surface area contributed by atoms with Crippen LogP contribution in [0.5, 0.6) is 0 Å². The van der Waals surface area contributed by atoms with Crippen molar-refractivity contribution in [3.05, 3.63) is 89.0 Å². The minimum Gasteiger partial charge on any atom is -0.206 e. The first-order valence-electron chi connectivity index (χ1n) is 13.4. The molecule has 0 radical (unpaired) electrons. The summed E-state index contributed by atoms with van der Waals surface area (Å²) in [6.45, 7) is 2.22. The highest BCUT2D eigenvalue weighted by Gasteiger charge is 2.23. The Kier molecular flexibility index (Phi) is 9.19. The molecule has 1 aliphatic carbocycles. The summed E-state index contributed by atoms with van der Waals surface area (Å²) in [6, 6.07) is 10.2. The molecule has 1 fully saturated rings. The SMILES string of the molecule is CCCC1CCC(CCc2ccc(-c3ccc(-c4cc(F)c(C=CC(F)(F)F)c(F)c4)c(F)c3)c(F)c2)CC1. The van der Waals surface area contributed by atoms with Gasteiger partial charge in [-0.2, -0.15) is 13.2 Å². The molecule has 0 amide bonds.